The van der Waals surface area contributed by atoms with Gasteiger partial charge in [0.05, 0.1) is 5.91 Å². The molecule has 1 radical (unpaired) electrons. The van der Waals surface area contributed by atoms with E-state index in [0.717, 1.165) is 19.3 Å². The molecule has 0 aromatic heterocycles. The molecular formula is C26H32NOSiTi. The van der Waals surface area contributed by atoms with Crippen LogP contribution in [0.25, 0.3) is 5.73 Å². The molecule has 1 saturated carbocycles. The molecule has 4 rings (SSSR count). The summed E-state index contributed by atoms with van der Waals surface area (Å²) < 4.78 is 0. The van der Waals surface area contributed by atoms with Crippen molar-refractivity contribution in [2.45, 2.75) is 47.0 Å². The van der Waals surface area contributed by atoms with E-state index < -0.39 is 0 Å². The number of nitrogens with one attached hydrogen (secondary N) is 1. The summed E-state index contributed by atoms with van der Waals surface area (Å²) in [6.07, 6.45) is 6.43. The number of benzene rings is 2. The van der Waals surface area contributed by atoms with Gasteiger partial charge in [0.1, 0.15) is 9.52 Å². The molecule has 2 aromatic rings. The average Bonchev–Trinajstić information content (AvgIpc) is 2.88. The van der Waals surface area contributed by atoms with Crippen LogP contribution in [0.1, 0.15) is 47.0 Å². The van der Waals surface area contributed by atoms with Crippen molar-refractivity contribution in [3.8, 4) is 0 Å². The maximum Gasteiger partial charge on any atom is 2.00 e. The number of hydrogen-bond acceptors (Lipinski definition) is 1. The molecule has 0 bridgehead atoms. The first-order chi connectivity index (χ1) is 13.9. The predicted molar refractivity (Wildman–Crippen MR) is 126 cm³/mol. The average molecular weight is 451 g/mol. The van der Waals surface area contributed by atoms with Gasteiger partial charge in [-0.1, -0.05) is 104 Å². The second kappa shape index (κ2) is 13.6. The first kappa shape index (κ1) is 26.4. The van der Waals surface area contributed by atoms with Crippen LogP contribution in [0.2, 0.25) is 0 Å². The van der Waals surface area contributed by atoms with E-state index in [1.165, 1.54) is 27.1 Å². The number of hydrogen-bond donors (Lipinski definition) is 0. The molecule has 1 unspecified atom stereocenters. The van der Waals surface area contributed by atoms with Crippen LogP contribution in [0.5, 0.6) is 0 Å². The van der Waals surface area contributed by atoms with E-state index in [1.54, 1.807) is 0 Å². The van der Waals surface area contributed by atoms with Crippen LogP contribution in [-0.2, 0) is 26.5 Å². The van der Waals surface area contributed by atoms with Crippen LogP contribution in [0.4, 0.5) is 0 Å². The molecule has 2 aliphatic carbocycles. The summed E-state index contributed by atoms with van der Waals surface area (Å²) in [4.78, 5) is 10.1. The van der Waals surface area contributed by atoms with Gasteiger partial charge in [-0.25, -0.2) is 5.57 Å². The van der Waals surface area contributed by atoms with E-state index in [9.17, 15) is 4.79 Å². The molecule has 4 heteroatoms. The van der Waals surface area contributed by atoms with Crippen molar-refractivity contribution in [3.05, 3.63) is 89.2 Å². The quantitative estimate of drug-likeness (QED) is 0.471. The zero-order valence-electron chi connectivity index (χ0n) is 18.5. The van der Waals surface area contributed by atoms with Gasteiger partial charge in [0.25, 0.3) is 0 Å². The van der Waals surface area contributed by atoms with Crippen molar-refractivity contribution in [1.29, 1.82) is 0 Å². The summed E-state index contributed by atoms with van der Waals surface area (Å²) in [5.74, 6) is 0.302. The molecule has 2 aromatic carbocycles. The monoisotopic (exact) mass is 450 g/mol. The van der Waals surface area contributed by atoms with E-state index >= 15 is 0 Å². The van der Waals surface area contributed by atoms with Crippen LogP contribution >= 0.6 is 0 Å². The normalized spacial score (nSPS) is 17.3. The Morgan fingerprint density at radius 3 is 1.60 bits per heavy atom. The van der Waals surface area contributed by atoms with E-state index in [1.807, 2.05) is 0 Å². The second-order valence-electron chi connectivity index (χ2n) is 7.76. The van der Waals surface area contributed by atoms with Gasteiger partial charge in [-0.15, -0.1) is 6.92 Å². The molecule has 0 aliphatic heterocycles. The van der Waals surface area contributed by atoms with Crippen molar-refractivity contribution in [1.82, 2.24) is 0 Å². The minimum Gasteiger partial charge on any atom is -0.668 e. The third-order valence-electron chi connectivity index (χ3n) is 5.64. The summed E-state index contributed by atoms with van der Waals surface area (Å²) in [6.45, 7) is 8.67. The predicted octanol–water partition coefficient (Wildman–Crippen LogP) is 5.16. The van der Waals surface area contributed by atoms with Gasteiger partial charge in [0, 0.05) is 5.92 Å². The summed E-state index contributed by atoms with van der Waals surface area (Å²) in [6, 6.07) is 21.3. The van der Waals surface area contributed by atoms with Gasteiger partial charge in [0.15, 0.2) is 0 Å². The van der Waals surface area contributed by atoms with E-state index in [2.05, 4.69) is 94.4 Å². The Morgan fingerprint density at radius 1 is 0.933 bits per heavy atom. The van der Waals surface area contributed by atoms with Crippen LogP contribution in [-0.4, -0.2) is 15.4 Å². The van der Waals surface area contributed by atoms with E-state index in [-0.39, 0.29) is 43.1 Å². The Hall–Kier alpha value is -1.68. The molecule has 1 amide bonds. The molecule has 0 saturated heterocycles. The van der Waals surface area contributed by atoms with Crippen LogP contribution in [0.3, 0.4) is 0 Å². The molecule has 30 heavy (non-hydrogen) atoms. The largest absolute Gasteiger partial charge is 2.00 e. The Kier molecular flexibility index (Phi) is 11.9. The standard InChI is InChI=1S/C12H11Si.C9H13.C5H9NO.Ti/c1-3-7-11(8-4-1)13-12-9-5-2-6-10-12;1-6-5-7(2)9(4)8(6)3;6-5(7)4-2-1-3-4;/h1-10,13H;6H,1-4H3;4H,1-3H2,(H2,6,7);/q;-1;;+2/p-1. The van der Waals surface area contributed by atoms with E-state index in [0.29, 0.717) is 5.92 Å². The van der Waals surface area contributed by atoms with Crippen molar-refractivity contribution >= 4 is 25.8 Å². The van der Waals surface area contributed by atoms with Crippen molar-refractivity contribution in [3.63, 3.8) is 0 Å². The molecule has 1 N–H and O–H groups in total. The minimum absolute atomic E-state index is 0. The van der Waals surface area contributed by atoms with Crippen LogP contribution in [0.15, 0.2) is 77.4 Å². The van der Waals surface area contributed by atoms with Gasteiger partial charge in [0.2, 0.25) is 0 Å². The number of carbonyl (C=O) groups excluding carboxylic acids is 1. The number of amides is 1. The number of rotatable bonds is 3. The smallest absolute Gasteiger partial charge is 0.668 e. The minimum atomic E-state index is -0.369. The summed E-state index contributed by atoms with van der Waals surface area (Å²) in [7, 11) is 0.271. The zero-order valence-corrected chi connectivity index (χ0v) is 21.3. The first-order valence-corrected chi connectivity index (χ1v) is 11.5. The van der Waals surface area contributed by atoms with E-state index in [4.69, 9.17) is 5.73 Å². The molecule has 2 aliphatic rings. The van der Waals surface area contributed by atoms with Crippen molar-refractivity contribution < 1.29 is 26.5 Å². The molecule has 155 valence electrons. The summed E-state index contributed by atoms with van der Waals surface area (Å²) >= 11 is 0. The first-order valence-electron chi connectivity index (χ1n) is 10.4. The topological polar surface area (TPSA) is 40.9 Å². The third kappa shape index (κ3) is 8.59. The van der Waals surface area contributed by atoms with Gasteiger partial charge in [-0.3, -0.25) is 6.08 Å². The van der Waals surface area contributed by atoms with Crippen molar-refractivity contribution in [2.75, 3.05) is 0 Å². The SMILES string of the molecule is CC1=[C-]C(C)C(C)=C1C.[NH-]C(=O)C1CCC1.[Ti+2].c1ccc([SiH]c2ccccc2)cc1. The Morgan fingerprint density at radius 2 is 1.40 bits per heavy atom. The second-order valence-corrected chi connectivity index (χ2v) is 9.38. The summed E-state index contributed by atoms with van der Waals surface area (Å²) in [5, 5.41) is 2.90. The molecule has 0 spiro atoms. The Bertz CT molecular complexity index is 804. The molecule has 0 heterocycles. The molecular weight excluding hydrogens is 418 g/mol. The van der Waals surface area contributed by atoms with Gasteiger partial charge >= 0.3 is 21.7 Å². The Balaban J connectivity index is 0.000000233. The van der Waals surface area contributed by atoms with Gasteiger partial charge in [-0.2, -0.15) is 11.1 Å². The zero-order chi connectivity index (χ0) is 21.2. The van der Waals surface area contributed by atoms with Crippen LogP contribution in [0, 0.1) is 17.9 Å². The fraction of sp³-hybridized carbons (Fsp3) is 0.346. The van der Waals surface area contributed by atoms with Gasteiger partial charge in [-0.05, 0) is 12.8 Å². The maximum atomic E-state index is 10.1. The summed E-state index contributed by atoms with van der Waals surface area (Å²) in [5.41, 5.74) is 10.8. The molecule has 1 fully saturated rings. The number of carbonyl (C=O) groups is 1. The molecule has 1 atom stereocenters. The van der Waals surface area contributed by atoms with Crippen LogP contribution < -0.4 is 10.4 Å². The van der Waals surface area contributed by atoms with Crippen molar-refractivity contribution in [2.24, 2.45) is 11.8 Å². The molecule has 2 nitrogen and oxygen atoms in total. The van der Waals surface area contributed by atoms with Gasteiger partial charge < -0.3 is 10.5 Å². The maximum absolute atomic E-state index is 10.1. The third-order valence-corrected chi connectivity index (χ3v) is 7.08. The number of allylic oxidation sites excluding steroid dienone is 4. The fourth-order valence-corrected chi connectivity index (χ4v) is 4.34. The fourth-order valence-electron chi connectivity index (χ4n) is 3.12. The Labute approximate surface area is 199 Å².